The Bertz CT molecular complexity index is 337. The van der Waals surface area contributed by atoms with Gasteiger partial charge in [0.1, 0.15) is 0 Å². The van der Waals surface area contributed by atoms with Crippen LogP contribution in [0, 0.1) is 12.3 Å². The quantitative estimate of drug-likeness (QED) is 0.623. The summed E-state index contributed by atoms with van der Waals surface area (Å²) >= 11 is 0. The minimum Gasteiger partial charge on any atom is -0.0809 e. The van der Waals surface area contributed by atoms with Gasteiger partial charge in [0.15, 0.2) is 0 Å². The van der Waals surface area contributed by atoms with Crippen molar-refractivity contribution in [2.45, 2.75) is 51.9 Å². The molecule has 16 heavy (non-hydrogen) atoms. The van der Waals surface area contributed by atoms with E-state index in [9.17, 15) is 0 Å². The van der Waals surface area contributed by atoms with Crippen LogP contribution >= 0.6 is 0 Å². The third-order valence-corrected chi connectivity index (χ3v) is 3.03. The first-order valence-corrected chi connectivity index (χ1v) is 6.21. The molecule has 1 rings (SSSR count). The molecule has 0 bridgehead atoms. The van der Waals surface area contributed by atoms with Crippen molar-refractivity contribution >= 4 is 0 Å². The lowest BCUT2D eigenvalue weighted by Gasteiger charge is -2.12. The van der Waals surface area contributed by atoms with E-state index in [0.29, 0.717) is 5.92 Å². The molecule has 0 N–H and O–H groups in total. The van der Waals surface area contributed by atoms with E-state index in [-0.39, 0.29) is 5.92 Å². The summed E-state index contributed by atoms with van der Waals surface area (Å²) in [7, 11) is 0. The lowest BCUT2D eigenvalue weighted by atomic mass is 9.92. The van der Waals surface area contributed by atoms with E-state index in [1.807, 2.05) is 0 Å². The average molecular weight is 213 g/mol. The predicted octanol–water partition coefficient (Wildman–Crippen LogP) is 4.67. The summed E-state index contributed by atoms with van der Waals surface area (Å²) in [6.45, 7) is 6.58. The number of rotatable bonds is 5. The van der Waals surface area contributed by atoms with Crippen molar-refractivity contribution in [3.63, 3.8) is 0 Å². The van der Waals surface area contributed by atoms with Crippen LogP contribution in [0.25, 0.3) is 0 Å². The van der Waals surface area contributed by atoms with Gasteiger partial charge in [-0.15, -0.1) is 0 Å². The molecule has 0 spiro atoms. The summed E-state index contributed by atoms with van der Waals surface area (Å²) in [6.07, 6.45) is 10.8. The first kappa shape index (κ1) is 12.8. The Morgan fingerprint density at radius 1 is 1.12 bits per heavy atom. The molecule has 1 aromatic rings. The van der Waals surface area contributed by atoms with Crippen LogP contribution in [0.5, 0.6) is 0 Å². The number of unbranched alkanes of at least 4 members (excludes halogenated alkanes) is 1. The summed E-state index contributed by atoms with van der Waals surface area (Å²) in [5.41, 5.74) is 2.59. The zero-order valence-electron chi connectivity index (χ0n) is 10.6. The largest absolute Gasteiger partial charge is 0.0809 e. The third kappa shape index (κ3) is 3.42. The smallest absolute Gasteiger partial charge is 0.0462 e. The van der Waals surface area contributed by atoms with E-state index in [1.54, 1.807) is 0 Å². The van der Waals surface area contributed by atoms with Gasteiger partial charge in [-0.05, 0) is 29.9 Å². The summed E-state index contributed by atoms with van der Waals surface area (Å²) in [4.78, 5) is 0. The standard InChI is InChI=1S/C16H21/c1-5-7-8-14(6-2)16-11-9-15(10-12-16)13(3)4/h9-14H,5,7-8H2,1,3-4H3. The summed E-state index contributed by atoms with van der Waals surface area (Å²) in [5, 5.41) is 0. The number of hydrogen-bond donors (Lipinski definition) is 0. The first-order valence-electron chi connectivity index (χ1n) is 6.21. The van der Waals surface area contributed by atoms with E-state index in [2.05, 4.69) is 51.0 Å². The monoisotopic (exact) mass is 213 g/mol. The Morgan fingerprint density at radius 3 is 2.12 bits per heavy atom. The molecule has 0 heterocycles. The van der Waals surface area contributed by atoms with Crippen molar-refractivity contribution in [2.24, 2.45) is 0 Å². The molecule has 1 radical (unpaired) electrons. The lowest BCUT2D eigenvalue weighted by Crippen LogP contribution is -1.96. The first-order chi connectivity index (χ1) is 7.69. The van der Waals surface area contributed by atoms with Crippen LogP contribution in [0.3, 0.4) is 0 Å². The lowest BCUT2D eigenvalue weighted by molar-refractivity contribution is 0.675. The van der Waals surface area contributed by atoms with Crippen LogP contribution in [0.4, 0.5) is 0 Å². The highest BCUT2D eigenvalue weighted by atomic mass is 14.1. The minimum atomic E-state index is 0.182. The normalized spacial score (nSPS) is 12.4. The van der Waals surface area contributed by atoms with E-state index >= 15 is 0 Å². The Morgan fingerprint density at radius 2 is 1.69 bits per heavy atom. The van der Waals surface area contributed by atoms with E-state index < -0.39 is 0 Å². The molecule has 0 aliphatic carbocycles. The van der Waals surface area contributed by atoms with Crippen molar-refractivity contribution in [1.29, 1.82) is 0 Å². The van der Waals surface area contributed by atoms with Gasteiger partial charge < -0.3 is 0 Å². The SMILES string of the molecule is [C]#CC(CCCC)c1ccc(C(C)C)cc1. The van der Waals surface area contributed by atoms with Gasteiger partial charge in [-0.1, -0.05) is 63.8 Å². The molecule has 0 saturated carbocycles. The van der Waals surface area contributed by atoms with Gasteiger partial charge in [-0.25, -0.2) is 0 Å². The molecule has 0 aliphatic rings. The third-order valence-electron chi connectivity index (χ3n) is 3.03. The fourth-order valence-corrected chi connectivity index (χ4v) is 1.84. The van der Waals surface area contributed by atoms with E-state index in [1.165, 1.54) is 24.0 Å². The molecule has 0 aromatic heterocycles. The number of hydrogen-bond acceptors (Lipinski definition) is 0. The molecular formula is C16H21. The minimum absolute atomic E-state index is 0.182. The maximum Gasteiger partial charge on any atom is 0.0462 e. The second kappa shape index (κ2) is 6.38. The van der Waals surface area contributed by atoms with Gasteiger partial charge in [-0.2, -0.15) is 0 Å². The summed E-state index contributed by atoms with van der Waals surface area (Å²) in [5.74, 6) is 3.41. The molecule has 0 amide bonds. The van der Waals surface area contributed by atoms with Gasteiger partial charge in [0.2, 0.25) is 0 Å². The zero-order chi connectivity index (χ0) is 12.0. The second-order valence-electron chi connectivity index (χ2n) is 4.66. The van der Waals surface area contributed by atoms with Gasteiger partial charge in [0.05, 0.1) is 0 Å². The molecule has 1 atom stereocenters. The van der Waals surface area contributed by atoms with Crippen LogP contribution < -0.4 is 0 Å². The van der Waals surface area contributed by atoms with Gasteiger partial charge in [0, 0.05) is 5.92 Å². The van der Waals surface area contributed by atoms with Crippen LogP contribution in [-0.4, -0.2) is 0 Å². The fourth-order valence-electron chi connectivity index (χ4n) is 1.84. The van der Waals surface area contributed by atoms with Crippen molar-refractivity contribution < 1.29 is 0 Å². The topological polar surface area (TPSA) is 0 Å². The maximum atomic E-state index is 7.36. The molecular weight excluding hydrogens is 192 g/mol. The Hall–Kier alpha value is -1.22. The van der Waals surface area contributed by atoms with Crippen molar-refractivity contribution in [3.8, 4) is 5.92 Å². The Kier molecular flexibility index (Phi) is 5.12. The van der Waals surface area contributed by atoms with Crippen molar-refractivity contribution in [2.75, 3.05) is 0 Å². The molecule has 1 aromatic carbocycles. The van der Waals surface area contributed by atoms with Gasteiger partial charge >= 0.3 is 0 Å². The Balaban J connectivity index is 2.75. The molecule has 0 aliphatic heterocycles. The highest BCUT2D eigenvalue weighted by Gasteiger charge is 2.08. The highest BCUT2D eigenvalue weighted by molar-refractivity contribution is 5.30. The molecule has 0 heteroatoms. The van der Waals surface area contributed by atoms with Crippen LogP contribution in [0.15, 0.2) is 24.3 Å². The fraction of sp³-hybridized carbons (Fsp3) is 0.500. The van der Waals surface area contributed by atoms with Crippen molar-refractivity contribution in [3.05, 3.63) is 41.8 Å². The Labute approximate surface area is 100 Å². The zero-order valence-corrected chi connectivity index (χ0v) is 10.6. The van der Waals surface area contributed by atoms with Crippen molar-refractivity contribution in [1.82, 2.24) is 0 Å². The number of benzene rings is 1. The molecule has 0 nitrogen and oxygen atoms in total. The van der Waals surface area contributed by atoms with Gasteiger partial charge in [-0.3, -0.25) is 0 Å². The predicted molar refractivity (Wildman–Crippen MR) is 69.9 cm³/mol. The highest BCUT2D eigenvalue weighted by Crippen LogP contribution is 2.23. The molecule has 0 saturated heterocycles. The second-order valence-corrected chi connectivity index (χ2v) is 4.66. The molecule has 85 valence electrons. The molecule has 0 fully saturated rings. The average Bonchev–Trinajstić information content (AvgIpc) is 2.30. The van der Waals surface area contributed by atoms with Crippen LogP contribution in [-0.2, 0) is 0 Å². The summed E-state index contributed by atoms with van der Waals surface area (Å²) in [6, 6.07) is 8.65. The van der Waals surface area contributed by atoms with E-state index in [4.69, 9.17) is 6.42 Å². The van der Waals surface area contributed by atoms with Crippen LogP contribution in [0.1, 0.15) is 63.0 Å². The van der Waals surface area contributed by atoms with E-state index in [0.717, 1.165) is 6.42 Å². The molecule has 1 unspecified atom stereocenters. The summed E-state index contributed by atoms with van der Waals surface area (Å²) < 4.78 is 0. The maximum absolute atomic E-state index is 7.36. The van der Waals surface area contributed by atoms with Crippen LogP contribution in [0.2, 0.25) is 0 Å². The van der Waals surface area contributed by atoms with Gasteiger partial charge in [0.25, 0.3) is 0 Å².